The number of phosphoric ester groups is 1. The molecule has 5 rings (SSSR count). The van der Waals surface area contributed by atoms with Crippen LogP contribution in [0.25, 0.3) is 0 Å². The zero-order valence-electron chi connectivity index (χ0n) is 21.8. The molecule has 0 amide bonds. The highest BCUT2D eigenvalue weighted by Gasteiger charge is 2.38. The molecule has 13 heteroatoms. The number of ether oxygens (including phenoxy) is 1. The van der Waals surface area contributed by atoms with Gasteiger partial charge in [-0.15, -0.1) is 0 Å². The van der Waals surface area contributed by atoms with Crippen LogP contribution in [0.3, 0.4) is 0 Å². The number of rotatable bonds is 9. The maximum absolute atomic E-state index is 14.1. The third-order valence-electron chi connectivity index (χ3n) is 8.02. The molecule has 2 unspecified atom stereocenters. The van der Waals surface area contributed by atoms with E-state index in [-0.39, 0.29) is 36.5 Å². The van der Waals surface area contributed by atoms with Crippen LogP contribution < -0.4 is 9.64 Å². The van der Waals surface area contributed by atoms with Crippen LogP contribution in [0, 0.1) is 5.82 Å². The van der Waals surface area contributed by atoms with E-state index in [9.17, 15) is 24.3 Å². The lowest BCUT2D eigenvalue weighted by Gasteiger charge is -2.37. The number of aliphatic hydroxyl groups is 1. The zero-order chi connectivity index (χ0) is 27.7. The molecule has 2 fully saturated rings. The van der Waals surface area contributed by atoms with Crippen molar-refractivity contribution >= 4 is 13.5 Å². The fourth-order valence-electron chi connectivity index (χ4n) is 5.99. The van der Waals surface area contributed by atoms with Crippen molar-refractivity contribution in [3.05, 3.63) is 35.1 Å². The van der Waals surface area contributed by atoms with Gasteiger partial charge in [0.05, 0.1) is 24.0 Å². The maximum Gasteiger partial charge on any atom is 0.469 e. The Morgan fingerprint density at radius 2 is 1.64 bits per heavy atom. The highest BCUT2D eigenvalue weighted by Crippen LogP contribution is 2.45. The van der Waals surface area contributed by atoms with Crippen molar-refractivity contribution < 1.29 is 43.3 Å². The number of anilines is 1. The lowest BCUT2D eigenvalue weighted by molar-refractivity contribution is 0.0115. The van der Waals surface area contributed by atoms with Gasteiger partial charge in [-0.05, 0) is 50.8 Å². The lowest BCUT2D eigenvalue weighted by Crippen LogP contribution is -2.47. The minimum absolute atomic E-state index is 0.0825. The number of aliphatic hydroxyl groups excluding tert-OH is 1. The summed E-state index contributed by atoms with van der Waals surface area (Å²) in [6, 6.07) is 4.72. The topological polar surface area (TPSA) is 148 Å². The molecule has 3 aliphatic rings. The molecule has 2 aliphatic carbocycles. The van der Waals surface area contributed by atoms with E-state index >= 15 is 0 Å². The van der Waals surface area contributed by atoms with Gasteiger partial charge in [-0.25, -0.2) is 8.96 Å². The van der Waals surface area contributed by atoms with Crippen LogP contribution in [0.4, 0.5) is 10.1 Å². The van der Waals surface area contributed by atoms with Gasteiger partial charge in [0.1, 0.15) is 11.6 Å². The average Bonchev–Trinajstić information content (AvgIpc) is 3.48. The lowest BCUT2D eigenvalue weighted by atomic mass is 9.90. The van der Waals surface area contributed by atoms with E-state index in [1.165, 1.54) is 10.6 Å². The molecule has 1 aromatic carbocycles. The molecule has 39 heavy (non-hydrogen) atoms. The summed E-state index contributed by atoms with van der Waals surface area (Å²) in [6.07, 6.45) is 2.60. The van der Waals surface area contributed by atoms with E-state index in [4.69, 9.17) is 14.5 Å². The van der Waals surface area contributed by atoms with Gasteiger partial charge in [-0.2, -0.15) is 0 Å². The largest absolute Gasteiger partial charge is 0.494 e. The molecule has 11 nitrogen and oxygen atoms in total. The van der Waals surface area contributed by atoms with Crippen LogP contribution in [0.2, 0.25) is 0 Å². The van der Waals surface area contributed by atoms with Crippen LogP contribution in [0.5, 0.6) is 17.5 Å². The Morgan fingerprint density at radius 3 is 2.31 bits per heavy atom. The summed E-state index contributed by atoms with van der Waals surface area (Å²) in [4.78, 5) is 22.6. The summed E-state index contributed by atoms with van der Waals surface area (Å²) in [5.74, 6) is 0.117. The first-order chi connectivity index (χ1) is 18.6. The highest BCUT2D eigenvalue weighted by molar-refractivity contribution is 7.46. The molecule has 1 saturated heterocycles. The monoisotopic (exact) mass is 569 g/mol. The molecule has 1 saturated carbocycles. The number of phosphoric acid groups is 1. The number of halogens is 1. The number of benzene rings is 1. The molecular weight excluding hydrogens is 532 g/mol. The van der Waals surface area contributed by atoms with Crippen LogP contribution in [0.1, 0.15) is 43.2 Å². The van der Waals surface area contributed by atoms with E-state index in [2.05, 4.69) is 14.3 Å². The van der Waals surface area contributed by atoms with E-state index in [1.807, 2.05) is 0 Å². The average molecular weight is 570 g/mol. The van der Waals surface area contributed by atoms with Crippen LogP contribution in [-0.4, -0.2) is 85.6 Å². The SMILES string of the molecule is O=P(O)(O)OC1Cc2c(c(O)n(CCCN3CCN(c4cc(F)ccc4OC4CCCC4)CC3)c2O)CC1O. The van der Waals surface area contributed by atoms with Crippen LogP contribution in [0.15, 0.2) is 18.2 Å². The second kappa shape index (κ2) is 11.6. The molecule has 2 atom stereocenters. The van der Waals surface area contributed by atoms with E-state index in [0.717, 1.165) is 69.8 Å². The Morgan fingerprint density at radius 1 is 0.974 bits per heavy atom. The first-order valence-corrected chi connectivity index (χ1v) is 15.1. The minimum Gasteiger partial charge on any atom is -0.494 e. The highest BCUT2D eigenvalue weighted by atomic mass is 31.2. The zero-order valence-corrected chi connectivity index (χ0v) is 22.7. The maximum atomic E-state index is 14.1. The second-order valence-electron chi connectivity index (χ2n) is 10.7. The van der Waals surface area contributed by atoms with Gasteiger partial charge in [-0.1, -0.05) is 0 Å². The summed E-state index contributed by atoms with van der Waals surface area (Å²) in [5.41, 5.74) is 1.48. The summed E-state index contributed by atoms with van der Waals surface area (Å²) in [7, 11) is -4.82. The van der Waals surface area contributed by atoms with Crippen molar-refractivity contribution in [1.82, 2.24) is 9.47 Å². The predicted octanol–water partition coefficient (Wildman–Crippen LogP) is 2.51. The van der Waals surface area contributed by atoms with Gasteiger partial charge in [0, 0.05) is 62.8 Å². The first-order valence-electron chi connectivity index (χ1n) is 13.6. The minimum atomic E-state index is -4.82. The van der Waals surface area contributed by atoms with Gasteiger partial charge >= 0.3 is 7.82 Å². The molecule has 1 aromatic heterocycles. The Kier molecular flexibility index (Phi) is 8.42. The second-order valence-corrected chi connectivity index (χ2v) is 11.9. The molecule has 0 radical (unpaired) electrons. The molecule has 0 spiro atoms. The van der Waals surface area contributed by atoms with E-state index < -0.39 is 20.0 Å². The molecule has 5 N–H and O–H groups in total. The third kappa shape index (κ3) is 6.53. The fraction of sp³-hybridized carbons (Fsp3) is 0.615. The predicted molar refractivity (Wildman–Crippen MR) is 141 cm³/mol. The number of aromatic hydroxyl groups is 2. The number of hydrogen-bond donors (Lipinski definition) is 5. The number of fused-ring (bicyclic) bond motifs is 1. The summed E-state index contributed by atoms with van der Waals surface area (Å²) in [6.45, 7) is 4.03. The van der Waals surface area contributed by atoms with Crippen molar-refractivity contribution in [1.29, 1.82) is 0 Å². The molecule has 0 bridgehead atoms. The van der Waals surface area contributed by atoms with Gasteiger partial charge in [0.25, 0.3) is 0 Å². The smallest absolute Gasteiger partial charge is 0.469 e. The fourth-order valence-corrected chi connectivity index (χ4v) is 6.55. The Bertz CT molecular complexity index is 1210. The normalized spacial score (nSPS) is 22.8. The summed E-state index contributed by atoms with van der Waals surface area (Å²) in [5, 5.41) is 31.6. The van der Waals surface area contributed by atoms with E-state index in [1.54, 1.807) is 12.1 Å². The Balaban J connectivity index is 1.15. The van der Waals surface area contributed by atoms with Gasteiger partial charge < -0.3 is 34.7 Å². The van der Waals surface area contributed by atoms with Crippen molar-refractivity contribution in [2.45, 2.75) is 69.8 Å². The Hall–Kier alpha value is -2.34. The number of aromatic nitrogens is 1. The van der Waals surface area contributed by atoms with Crippen molar-refractivity contribution in [3.8, 4) is 17.5 Å². The molecular formula is C26H37FN3O8P. The van der Waals surface area contributed by atoms with Crippen molar-refractivity contribution in [2.24, 2.45) is 0 Å². The van der Waals surface area contributed by atoms with Crippen molar-refractivity contribution in [3.63, 3.8) is 0 Å². The molecule has 2 aromatic rings. The standard InChI is InChI=1S/C26H37FN3O8P/c27-17-6-7-23(37-18-4-1-2-5-18)21(14-17)29-12-10-28(11-13-29)8-3-9-30-25(32)19-15-22(31)24(38-39(34,35)36)16-20(19)26(30)33/h6-7,14,18,22,24,31-33H,1-5,8-13,15-16H2,(H2,34,35,36). The number of hydrogen-bond acceptors (Lipinski definition) is 8. The number of piperazine rings is 1. The van der Waals surface area contributed by atoms with Gasteiger partial charge in [0.2, 0.25) is 0 Å². The molecule has 2 heterocycles. The quantitative estimate of drug-likeness (QED) is 0.285. The van der Waals surface area contributed by atoms with Crippen molar-refractivity contribution in [2.75, 3.05) is 37.6 Å². The summed E-state index contributed by atoms with van der Waals surface area (Å²) < 4.78 is 37.6. The van der Waals surface area contributed by atoms with E-state index in [0.29, 0.717) is 24.1 Å². The summed E-state index contributed by atoms with van der Waals surface area (Å²) >= 11 is 0. The number of nitrogens with zero attached hydrogens (tertiary/aromatic N) is 3. The van der Waals surface area contributed by atoms with Crippen LogP contribution >= 0.6 is 7.82 Å². The third-order valence-corrected chi connectivity index (χ3v) is 8.57. The first kappa shape index (κ1) is 28.2. The van der Waals surface area contributed by atoms with Gasteiger partial charge in [0.15, 0.2) is 11.8 Å². The van der Waals surface area contributed by atoms with Crippen LogP contribution in [-0.2, 0) is 28.5 Å². The Labute approximate surface area is 226 Å². The molecule has 216 valence electrons. The molecule has 1 aliphatic heterocycles. The van der Waals surface area contributed by atoms with Gasteiger partial charge in [-0.3, -0.25) is 14.0 Å².